The number of para-hydroxylation sites is 2. The van der Waals surface area contributed by atoms with Crippen molar-refractivity contribution in [3.63, 3.8) is 0 Å². The summed E-state index contributed by atoms with van der Waals surface area (Å²) in [7, 11) is -4.12. The Bertz CT molecular complexity index is 1020. The van der Waals surface area contributed by atoms with Crippen LogP contribution in [0.25, 0.3) is 0 Å². The monoisotopic (exact) mass is 403 g/mol. The number of aryl methyl sites for hydroxylation is 1. The van der Waals surface area contributed by atoms with E-state index in [1.165, 1.54) is 12.5 Å². The van der Waals surface area contributed by atoms with Gasteiger partial charge in [-0.2, -0.15) is 0 Å². The lowest BCUT2D eigenvalue weighted by molar-refractivity contribution is -0.116. The summed E-state index contributed by atoms with van der Waals surface area (Å²) >= 11 is 0. The molecule has 0 saturated carbocycles. The van der Waals surface area contributed by atoms with Crippen molar-refractivity contribution in [2.24, 2.45) is 0 Å². The molecule has 0 radical (unpaired) electrons. The molecule has 2 heterocycles. The first-order valence-electron chi connectivity index (χ1n) is 9.43. The van der Waals surface area contributed by atoms with Gasteiger partial charge in [-0.15, -0.1) is 0 Å². The Hall–Kier alpha value is -2.61. The Morgan fingerprint density at radius 3 is 2.57 bits per heavy atom. The van der Waals surface area contributed by atoms with Gasteiger partial charge in [-0.3, -0.25) is 9.52 Å². The van der Waals surface area contributed by atoms with E-state index >= 15 is 0 Å². The molecule has 1 amide bonds. The first-order valence-corrected chi connectivity index (χ1v) is 10.9. The molecule has 2 aromatic carbocycles. The van der Waals surface area contributed by atoms with E-state index < -0.39 is 20.7 Å². The third-order valence-corrected chi connectivity index (χ3v) is 6.57. The van der Waals surface area contributed by atoms with Crippen LogP contribution in [-0.4, -0.2) is 27.4 Å². The Kier molecular flexibility index (Phi) is 4.97. The standard InChI is InChI=1S/C20H22FN3O3S/c21-15-13-17-14(8-9-20(25)22-17)12-19(15)28(26,27)23-16-6-2-3-7-18(16)24-10-4-1-5-11-24/h2-3,6-7,12-13,23H,1,4-5,8-11H2,(H,22,25). The predicted octanol–water partition coefficient (Wildman–Crippen LogP) is 3.50. The molecule has 8 heteroatoms. The summed E-state index contributed by atoms with van der Waals surface area (Å²) in [6.45, 7) is 1.73. The summed E-state index contributed by atoms with van der Waals surface area (Å²) in [4.78, 5) is 13.2. The lowest BCUT2D eigenvalue weighted by Crippen LogP contribution is -2.30. The Morgan fingerprint density at radius 1 is 1.04 bits per heavy atom. The molecule has 2 N–H and O–H groups in total. The molecule has 0 atom stereocenters. The second-order valence-electron chi connectivity index (χ2n) is 7.16. The highest BCUT2D eigenvalue weighted by molar-refractivity contribution is 7.92. The zero-order valence-electron chi connectivity index (χ0n) is 15.4. The highest BCUT2D eigenvalue weighted by Gasteiger charge is 2.26. The first-order chi connectivity index (χ1) is 13.4. The quantitative estimate of drug-likeness (QED) is 0.819. The fourth-order valence-corrected chi connectivity index (χ4v) is 4.94. The van der Waals surface area contributed by atoms with Crippen LogP contribution in [0.1, 0.15) is 31.2 Å². The number of benzene rings is 2. The predicted molar refractivity (Wildman–Crippen MR) is 107 cm³/mol. The van der Waals surface area contributed by atoms with Crippen molar-refractivity contribution in [3.8, 4) is 0 Å². The number of sulfonamides is 1. The van der Waals surface area contributed by atoms with Gasteiger partial charge >= 0.3 is 0 Å². The summed E-state index contributed by atoms with van der Waals surface area (Å²) in [6, 6.07) is 9.58. The second kappa shape index (κ2) is 7.43. The summed E-state index contributed by atoms with van der Waals surface area (Å²) in [6.07, 6.45) is 3.93. The van der Waals surface area contributed by atoms with Crippen LogP contribution in [0.4, 0.5) is 21.5 Å². The number of halogens is 1. The maximum Gasteiger partial charge on any atom is 0.264 e. The molecular weight excluding hydrogens is 381 g/mol. The average molecular weight is 403 g/mol. The Morgan fingerprint density at radius 2 is 1.79 bits per heavy atom. The van der Waals surface area contributed by atoms with Gasteiger partial charge in [0.2, 0.25) is 5.91 Å². The van der Waals surface area contributed by atoms with E-state index in [0.717, 1.165) is 37.7 Å². The van der Waals surface area contributed by atoms with Crippen LogP contribution >= 0.6 is 0 Å². The number of nitrogens with zero attached hydrogens (tertiary/aromatic N) is 1. The van der Waals surface area contributed by atoms with E-state index in [4.69, 9.17) is 0 Å². The van der Waals surface area contributed by atoms with Crippen LogP contribution in [-0.2, 0) is 21.2 Å². The van der Waals surface area contributed by atoms with Crippen LogP contribution in [0.15, 0.2) is 41.3 Å². The molecule has 0 aliphatic carbocycles. The number of carbonyl (C=O) groups is 1. The van der Waals surface area contributed by atoms with Gasteiger partial charge in [-0.25, -0.2) is 12.8 Å². The Labute approximate surface area is 163 Å². The van der Waals surface area contributed by atoms with E-state index in [1.807, 2.05) is 12.1 Å². The summed E-state index contributed by atoms with van der Waals surface area (Å²) in [5.74, 6) is -1.08. The van der Waals surface area contributed by atoms with Crippen molar-refractivity contribution in [2.45, 2.75) is 37.0 Å². The Balaban J connectivity index is 1.66. The molecule has 2 aromatic rings. The highest BCUT2D eigenvalue weighted by Crippen LogP contribution is 2.32. The topological polar surface area (TPSA) is 78.5 Å². The number of hydrogen-bond acceptors (Lipinski definition) is 4. The van der Waals surface area contributed by atoms with Gasteiger partial charge in [-0.05, 0) is 55.5 Å². The third kappa shape index (κ3) is 3.69. The van der Waals surface area contributed by atoms with E-state index in [2.05, 4.69) is 14.9 Å². The van der Waals surface area contributed by atoms with Crippen LogP contribution in [0.3, 0.4) is 0 Å². The van der Waals surface area contributed by atoms with Crippen LogP contribution in [0.2, 0.25) is 0 Å². The van der Waals surface area contributed by atoms with Crippen LogP contribution in [0.5, 0.6) is 0 Å². The molecule has 6 nitrogen and oxygen atoms in total. The zero-order chi connectivity index (χ0) is 19.7. The highest BCUT2D eigenvalue weighted by atomic mass is 32.2. The normalized spacial score (nSPS) is 17.0. The second-order valence-corrected chi connectivity index (χ2v) is 8.81. The largest absolute Gasteiger partial charge is 0.370 e. The smallest absolute Gasteiger partial charge is 0.264 e. The van der Waals surface area contributed by atoms with E-state index in [1.54, 1.807) is 12.1 Å². The fourth-order valence-electron chi connectivity index (χ4n) is 3.76. The van der Waals surface area contributed by atoms with Gasteiger partial charge in [0, 0.05) is 25.2 Å². The lowest BCUT2D eigenvalue weighted by Gasteiger charge is -2.30. The summed E-state index contributed by atoms with van der Waals surface area (Å²) < 4.78 is 43.0. The molecular formula is C20H22FN3O3S. The van der Waals surface area contributed by atoms with Gasteiger partial charge < -0.3 is 10.2 Å². The zero-order valence-corrected chi connectivity index (χ0v) is 16.2. The minimum absolute atomic E-state index is 0.198. The van der Waals surface area contributed by atoms with Crippen molar-refractivity contribution in [2.75, 3.05) is 28.0 Å². The number of rotatable bonds is 4. The number of nitrogens with one attached hydrogen (secondary N) is 2. The summed E-state index contributed by atoms with van der Waals surface area (Å²) in [5, 5.41) is 2.58. The van der Waals surface area contributed by atoms with Crippen molar-refractivity contribution >= 4 is 33.0 Å². The van der Waals surface area contributed by atoms with Crippen molar-refractivity contribution in [1.82, 2.24) is 0 Å². The number of hydrogen-bond donors (Lipinski definition) is 2. The van der Waals surface area contributed by atoms with Crippen LogP contribution in [0, 0.1) is 5.82 Å². The number of anilines is 3. The molecule has 28 heavy (non-hydrogen) atoms. The minimum atomic E-state index is -4.12. The summed E-state index contributed by atoms with van der Waals surface area (Å²) in [5.41, 5.74) is 2.19. The molecule has 1 fully saturated rings. The van der Waals surface area contributed by atoms with Gasteiger partial charge in [0.05, 0.1) is 11.4 Å². The molecule has 1 saturated heterocycles. The van der Waals surface area contributed by atoms with Gasteiger partial charge in [-0.1, -0.05) is 12.1 Å². The molecule has 4 rings (SSSR count). The molecule has 0 aromatic heterocycles. The first kappa shape index (κ1) is 18.7. The minimum Gasteiger partial charge on any atom is -0.370 e. The van der Waals surface area contributed by atoms with E-state index in [-0.39, 0.29) is 12.3 Å². The number of fused-ring (bicyclic) bond motifs is 1. The SMILES string of the molecule is O=C1CCc2cc(S(=O)(=O)Nc3ccccc3N3CCCCC3)c(F)cc2N1. The van der Waals surface area contributed by atoms with Gasteiger partial charge in [0.25, 0.3) is 10.0 Å². The molecule has 148 valence electrons. The average Bonchev–Trinajstić information content (AvgIpc) is 2.68. The maximum atomic E-state index is 14.6. The molecule has 0 spiro atoms. The maximum absolute atomic E-state index is 14.6. The number of piperidine rings is 1. The van der Waals surface area contributed by atoms with Crippen molar-refractivity contribution in [1.29, 1.82) is 0 Å². The number of carbonyl (C=O) groups excluding carboxylic acids is 1. The molecule has 0 bridgehead atoms. The van der Waals surface area contributed by atoms with Crippen molar-refractivity contribution < 1.29 is 17.6 Å². The fraction of sp³-hybridized carbons (Fsp3) is 0.350. The van der Waals surface area contributed by atoms with E-state index in [9.17, 15) is 17.6 Å². The van der Waals surface area contributed by atoms with Gasteiger partial charge in [0.15, 0.2) is 0 Å². The van der Waals surface area contributed by atoms with E-state index in [0.29, 0.717) is 23.4 Å². The van der Waals surface area contributed by atoms with Crippen LogP contribution < -0.4 is 14.9 Å². The third-order valence-electron chi connectivity index (χ3n) is 5.19. The molecule has 0 unspecified atom stereocenters. The number of amides is 1. The molecule has 2 aliphatic rings. The lowest BCUT2D eigenvalue weighted by atomic mass is 10.0. The van der Waals surface area contributed by atoms with Crippen molar-refractivity contribution in [3.05, 3.63) is 47.8 Å². The molecule has 2 aliphatic heterocycles. The van der Waals surface area contributed by atoms with Gasteiger partial charge in [0.1, 0.15) is 10.7 Å².